The van der Waals surface area contributed by atoms with Crippen molar-refractivity contribution in [2.75, 3.05) is 0 Å². The molecule has 0 atom stereocenters. The minimum Gasteiger partial charge on any atom is -0.297 e. The Hall–Kier alpha value is -0.870. The van der Waals surface area contributed by atoms with Crippen LogP contribution in [0.15, 0.2) is 16.8 Å². The Bertz CT molecular complexity index is 433. The maximum absolute atomic E-state index is 6.00. The summed E-state index contributed by atoms with van der Waals surface area (Å²) in [7, 11) is 0. The van der Waals surface area contributed by atoms with Crippen LogP contribution in [0.3, 0.4) is 0 Å². The molecule has 0 aliphatic heterocycles. The predicted octanol–water partition coefficient (Wildman–Crippen LogP) is 3.16. The molecule has 2 aromatic rings. The molecule has 0 aromatic carbocycles. The first-order valence-electron chi connectivity index (χ1n) is 4.78. The van der Waals surface area contributed by atoms with Gasteiger partial charge in [-0.3, -0.25) is 4.57 Å². The first-order valence-corrected chi connectivity index (χ1v) is 6.10. The van der Waals surface area contributed by atoms with Gasteiger partial charge in [-0.2, -0.15) is 11.3 Å². The van der Waals surface area contributed by atoms with Gasteiger partial charge in [0, 0.05) is 5.92 Å². The number of nitrogens with zero attached hydrogens (tertiary/aromatic N) is 3. The van der Waals surface area contributed by atoms with E-state index in [9.17, 15) is 0 Å². The summed E-state index contributed by atoms with van der Waals surface area (Å²) in [5.74, 6) is 1.27. The molecule has 0 amide bonds. The first-order chi connectivity index (χ1) is 7.18. The Kier molecular flexibility index (Phi) is 3.07. The molecule has 80 valence electrons. The first kappa shape index (κ1) is 10.6. The SMILES string of the molecule is CC(C)c1nnc(Cl)n1Cc1ccsc1. The molecule has 2 rings (SSSR count). The molecule has 2 aromatic heterocycles. The van der Waals surface area contributed by atoms with Crippen molar-refractivity contribution in [3.63, 3.8) is 0 Å². The van der Waals surface area contributed by atoms with Crippen molar-refractivity contribution in [2.24, 2.45) is 0 Å². The second-order valence-electron chi connectivity index (χ2n) is 3.70. The molecule has 3 nitrogen and oxygen atoms in total. The smallest absolute Gasteiger partial charge is 0.225 e. The third-order valence-corrected chi connectivity index (χ3v) is 3.18. The average molecular weight is 242 g/mol. The minimum absolute atomic E-state index is 0.337. The second kappa shape index (κ2) is 4.33. The summed E-state index contributed by atoms with van der Waals surface area (Å²) in [6, 6.07) is 2.09. The summed E-state index contributed by atoms with van der Waals surface area (Å²) >= 11 is 7.68. The Morgan fingerprint density at radius 2 is 2.27 bits per heavy atom. The van der Waals surface area contributed by atoms with E-state index in [4.69, 9.17) is 11.6 Å². The van der Waals surface area contributed by atoms with Gasteiger partial charge in [0.15, 0.2) is 0 Å². The van der Waals surface area contributed by atoms with Crippen LogP contribution in [-0.2, 0) is 6.54 Å². The van der Waals surface area contributed by atoms with Gasteiger partial charge in [0.25, 0.3) is 0 Å². The maximum atomic E-state index is 6.00. The molecule has 0 aliphatic carbocycles. The third-order valence-electron chi connectivity index (χ3n) is 2.17. The molecule has 0 fully saturated rings. The Morgan fingerprint density at radius 1 is 1.47 bits per heavy atom. The molecule has 0 saturated carbocycles. The van der Waals surface area contributed by atoms with Crippen molar-refractivity contribution in [3.8, 4) is 0 Å². The van der Waals surface area contributed by atoms with Gasteiger partial charge in [0.2, 0.25) is 5.28 Å². The standard InChI is InChI=1S/C10H12ClN3S/c1-7(2)9-12-13-10(11)14(9)5-8-3-4-15-6-8/h3-4,6-7H,5H2,1-2H3. The minimum atomic E-state index is 0.337. The van der Waals surface area contributed by atoms with Crippen molar-refractivity contribution in [2.45, 2.75) is 26.3 Å². The summed E-state index contributed by atoms with van der Waals surface area (Å²) in [5.41, 5.74) is 1.24. The highest BCUT2D eigenvalue weighted by Crippen LogP contribution is 2.19. The largest absolute Gasteiger partial charge is 0.297 e. The zero-order valence-corrected chi connectivity index (χ0v) is 10.2. The molecule has 5 heteroatoms. The lowest BCUT2D eigenvalue weighted by Crippen LogP contribution is -2.06. The molecule has 0 saturated heterocycles. The topological polar surface area (TPSA) is 30.7 Å². The zero-order valence-electron chi connectivity index (χ0n) is 8.64. The van der Waals surface area contributed by atoms with E-state index >= 15 is 0 Å². The van der Waals surface area contributed by atoms with Crippen LogP contribution in [0.4, 0.5) is 0 Å². The van der Waals surface area contributed by atoms with E-state index < -0.39 is 0 Å². The summed E-state index contributed by atoms with van der Waals surface area (Å²) < 4.78 is 1.95. The third kappa shape index (κ3) is 2.21. The fraction of sp³-hybridized carbons (Fsp3) is 0.400. The van der Waals surface area contributed by atoms with Crippen molar-refractivity contribution in [1.82, 2.24) is 14.8 Å². The van der Waals surface area contributed by atoms with Crippen molar-refractivity contribution < 1.29 is 0 Å². The number of hydrogen-bond acceptors (Lipinski definition) is 3. The van der Waals surface area contributed by atoms with Gasteiger partial charge in [0.05, 0.1) is 6.54 Å². The van der Waals surface area contributed by atoms with Gasteiger partial charge < -0.3 is 0 Å². The molecule has 0 bridgehead atoms. The fourth-order valence-corrected chi connectivity index (χ4v) is 2.28. The molecular formula is C10H12ClN3S. The van der Waals surface area contributed by atoms with Crippen LogP contribution in [0.25, 0.3) is 0 Å². The lowest BCUT2D eigenvalue weighted by molar-refractivity contribution is 0.670. The quantitative estimate of drug-likeness (QED) is 0.827. The van der Waals surface area contributed by atoms with Gasteiger partial charge in [-0.1, -0.05) is 13.8 Å². The summed E-state index contributed by atoms with van der Waals surface area (Å²) in [6.45, 7) is 4.93. The average Bonchev–Trinajstić information content (AvgIpc) is 2.78. The van der Waals surface area contributed by atoms with Gasteiger partial charge in [0.1, 0.15) is 5.82 Å². The van der Waals surface area contributed by atoms with Crippen LogP contribution in [0.1, 0.15) is 31.2 Å². The molecule has 0 aliphatic rings. The molecule has 0 spiro atoms. The highest BCUT2D eigenvalue weighted by atomic mass is 35.5. The summed E-state index contributed by atoms with van der Waals surface area (Å²) in [6.07, 6.45) is 0. The molecule has 0 radical (unpaired) electrons. The number of thiophene rings is 1. The van der Waals surface area contributed by atoms with E-state index in [0.717, 1.165) is 12.4 Å². The highest BCUT2D eigenvalue weighted by molar-refractivity contribution is 7.07. The van der Waals surface area contributed by atoms with Gasteiger partial charge in [-0.25, -0.2) is 0 Å². The van der Waals surface area contributed by atoms with Crippen molar-refractivity contribution >= 4 is 22.9 Å². The molecular weight excluding hydrogens is 230 g/mol. The van der Waals surface area contributed by atoms with E-state index in [0.29, 0.717) is 11.2 Å². The van der Waals surface area contributed by atoms with Crippen molar-refractivity contribution in [3.05, 3.63) is 33.5 Å². The van der Waals surface area contributed by atoms with Crippen LogP contribution >= 0.6 is 22.9 Å². The summed E-state index contributed by atoms with van der Waals surface area (Å²) in [4.78, 5) is 0. The maximum Gasteiger partial charge on any atom is 0.225 e. The highest BCUT2D eigenvalue weighted by Gasteiger charge is 2.13. The van der Waals surface area contributed by atoms with Crippen molar-refractivity contribution in [1.29, 1.82) is 0 Å². The van der Waals surface area contributed by atoms with Gasteiger partial charge >= 0.3 is 0 Å². The van der Waals surface area contributed by atoms with E-state index in [-0.39, 0.29) is 0 Å². The number of halogens is 1. The fourth-order valence-electron chi connectivity index (χ4n) is 1.43. The number of aromatic nitrogens is 3. The van der Waals surface area contributed by atoms with E-state index in [1.165, 1.54) is 5.56 Å². The van der Waals surface area contributed by atoms with E-state index in [1.807, 2.05) is 4.57 Å². The Balaban J connectivity index is 2.31. The summed E-state index contributed by atoms with van der Waals surface area (Å²) in [5, 5.41) is 12.6. The second-order valence-corrected chi connectivity index (χ2v) is 4.82. The molecule has 2 heterocycles. The van der Waals surface area contributed by atoms with Crippen LogP contribution in [0.5, 0.6) is 0 Å². The molecule has 0 N–H and O–H groups in total. The van der Waals surface area contributed by atoms with Crippen LogP contribution < -0.4 is 0 Å². The van der Waals surface area contributed by atoms with Crippen LogP contribution in [0, 0.1) is 0 Å². The van der Waals surface area contributed by atoms with Crippen LogP contribution in [0.2, 0.25) is 5.28 Å². The lowest BCUT2D eigenvalue weighted by atomic mass is 10.2. The number of hydrogen-bond donors (Lipinski definition) is 0. The number of rotatable bonds is 3. The zero-order chi connectivity index (χ0) is 10.8. The van der Waals surface area contributed by atoms with Gasteiger partial charge in [-0.15, -0.1) is 10.2 Å². The molecule has 0 unspecified atom stereocenters. The Labute approximate surface area is 97.7 Å². The predicted molar refractivity (Wildman–Crippen MR) is 62.5 cm³/mol. The Morgan fingerprint density at radius 3 is 2.87 bits per heavy atom. The normalized spacial score (nSPS) is 11.2. The monoisotopic (exact) mass is 241 g/mol. The van der Waals surface area contributed by atoms with E-state index in [1.54, 1.807) is 11.3 Å². The van der Waals surface area contributed by atoms with Gasteiger partial charge in [-0.05, 0) is 34.0 Å². The molecule has 15 heavy (non-hydrogen) atoms. The van der Waals surface area contributed by atoms with Crippen LogP contribution in [-0.4, -0.2) is 14.8 Å². The van der Waals surface area contributed by atoms with E-state index in [2.05, 4.69) is 40.9 Å². The lowest BCUT2D eigenvalue weighted by Gasteiger charge is -2.08.